The molecule has 1 heterocycles. The molecule has 0 saturated heterocycles. The molecule has 0 atom stereocenters. The van der Waals surface area contributed by atoms with Gasteiger partial charge in [-0.25, -0.2) is 4.79 Å². The Morgan fingerprint density at radius 3 is 2.30 bits per heavy atom. The number of nitrogens with one attached hydrogen (secondary N) is 1. The molecule has 1 aliphatic heterocycles. The molecule has 4 rings (SSSR count). The molecular weight excluding hydrogens is 416 g/mol. The van der Waals surface area contributed by atoms with Crippen LogP contribution in [0.15, 0.2) is 78.9 Å². The van der Waals surface area contributed by atoms with Crippen molar-refractivity contribution in [2.45, 2.75) is 25.8 Å². The van der Waals surface area contributed by atoms with Crippen LogP contribution >= 0.6 is 0 Å². The molecule has 1 aliphatic rings. The monoisotopic (exact) mass is 442 g/mol. The number of anilines is 1. The number of carbonyl (C=O) groups excluding carboxylic acids is 3. The Balaban J connectivity index is 1.39. The van der Waals surface area contributed by atoms with Crippen LogP contribution in [0.1, 0.15) is 33.5 Å². The smallest absolute Gasteiger partial charge is 0.338 e. The van der Waals surface area contributed by atoms with Crippen molar-refractivity contribution in [3.8, 4) is 0 Å². The molecule has 6 heteroatoms. The first-order valence-corrected chi connectivity index (χ1v) is 11.0. The maximum atomic E-state index is 13.0. The number of esters is 1. The molecule has 0 unspecified atom stereocenters. The lowest BCUT2D eigenvalue weighted by Gasteiger charge is -2.23. The van der Waals surface area contributed by atoms with Crippen LogP contribution in [0.2, 0.25) is 0 Å². The zero-order valence-electron chi connectivity index (χ0n) is 18.3. The van der Waals surface area contributed by atoms with Crippen LogP contribution in [0, 0.1) is 0 Å². The summed E-state index contributed by atoms with van der Waals surface area (Å²) in [7, 11) is 0. The van der Waals surface area contributed by atoms with Crippen molar-refractivity contribution >= 4 is 23.5 Å². The first-order chi connectivity index (χ1) is 16.1. The maximum absolute atomic E-state index is 13.0. The number of nitrogens with zero attached hydrogens (tertiary/aromatic N) is 1. The Morgan fingerprint density at radius 2 is 1.58 bits per heavy atom. The number of aryl methyl sites for hydroxylation is 1. The molecule has 1 N–H and O–H groups in total. The third-order valence-electron chi connectivity index (χ3n) is 5.65. The highest BCUT2D eigenvalue weighted by Gasteiger charge is 2.20. The number of hydrogen-bond donors (Lipinski definition) is 1. The van der Waals surface area contributed by atoms with Gasteiger partial charge in [0.25, 0.3) is 5.91 Å². The van der Waals surface area contributed by atoms with Crippen molar-refractivity contribution in [3.63, 3.8) is 0 Å². The average Bonchev–Trinajstić information content (AvgIpc) is 2.85. The van der Waals surface area contributed by atoms with Gasteiger partial charge < -0.3 is 15.0 Å². The molecule has 0 aromatic heterocycles. The summed E-state index contributed by atoms with van der Waals surface area (Å²) in [5.74, 6) is -0.823. The van der Waals surface area contributed by atoms with Crippen molar-refractivity contribution in [1.82, 2.24) is 4.90 Å². The summed E-state index contributed by atoms with van der Waals surface area (Å²) in [5.41, 5.74) is 4.14. The summed E-state index contributed by atoms with van der Waals surface area (Å²) in [6, 6.07) is 24.8. The van der Waals surface area contributed by atoms with Gasteiger partial charge in [-0.2, -0.15) is 0 Å². The molecule has 0 bridgehead atoms. The molecular formula is C27H26N2O4. The number of ether oxygens (including phenoxy) is 1. The number of amides is 2. The summed E-state index contributed by atoms with van der Waals surface area (Å²) in [4.78, 5) is 38.8. The summed E-state index contributed by atoms with van der Waals surface area (Å²) >= 11 is 0. The Kier molecular flexibility index (Phi) is 7.15. The number of carbonyl (C=O) groups is 3. The van der Waals surface area contributed by atoms with Crippen LogP contribution in [0.4, 0.5) is 5.69 Å². The topological polar surface area (TPSA) is 75.7 Å². The fourth-order valence-corrected chi connectivity index (χ4v) is 3.82. The predicted molar refractivity (Wildman–Crippen MR) is 126 cm³/mol. The van der Waals surface area contributed by atoms with Crippen LogP contribution in [0.5, 0.6) is 0 Å². The minimum absolute atomic E-state index is 0.0302. The molecule has 0 spiro atoms. The van der Waals surface area contributed by atoms with E-state index in [1.165, 1.54) is 0 Å². The van der Waals surface area contributed by atoms with Gasteiger partial charge in [0.1, 0.15) is 0 Å². The number of benzene rings is 3. The number of hydrogen-bond acceptors (Lipinski definition) is 4. The quantitative estimate of drug-likeness (QED) is 0.535. The fraction of sp³-hybridized carbons (Fsp3) is 0.222. The molecule has 2 amide bonds. The van der Waals surface area contributed by atoms with Crippen LogP contribution in [0.3, 0.4) is 0 Å². The van der Waals surface area contributed by atoms with Crippen molar-refractivity contribution in [2.24, 2.45) is 0 Å². The van der Waals surface area contributed by atoms with E-state index in [1.807, 2.05) is 60.7 Å². The highest BCUT2D eigenvalue weighted by atomic mass is 16.5. The maximum Gasteiger partial charge on any atom is 0.338 e. The predicted octanol–water partition coefficient (Wildman–Crippen LogP) is 4.00. The first kappa shape index (κ1) is 22.3. The van der Waals surface area contributed by atoms with Crippen LogP contribution in [-0.2, 0) is 33.7 Å². The standard InChI is InChI=1S/C27H26N2O4/c30-25-14-12-22-17-23(11-13-24(22)28-25)27(32)33-19-26(31)29(18-21-9-5-2-6-10-21)16-15-20-7-3-1-4-8-20/h1-11,13,17H,12,14-16,18-19H2,(H,28,30). The van der Waals surface area contributed by atoms with Crippen molar-refractivity contribution in [1.29, 1.82) is 0 Å². The van der Waals surface area contributed by atoms with E-state index in [0.717, 1.165) is 16.7 Å². The lowest BCUT2D eigenvalue weighted by molar-refractivity contribution is -0.135. The van der Waals surface area contributed by atoms with E-state index < -0.39 is 5.97 Å². The van der Waals surface area contributed by atoms with E-state index >= 15 is 0 Å². The van der Waals surface area contributed by atoms with Crippen molar-refractivity contribution in [3.05, 3.63) is 101 Å². The second-order valence-electron chi connectivity index (χ2n) is 8.03. The second kappa shape index (κ2) is 10.6. The van der Waals surface area contributed by atoms with Gasteiger partial charge in [0.15, 0.2) is 6.61 Å². The number of fused-ring (bicyclic) bond motifs is 1. The van der Waals surface area contributed by atoms with Gasteiger partial charge in [-0.3, -0.25) is 9.59 Å². The van der Waals surface area contributed by atoms with E-state index in [9.17, 15) is 14.4 Å². The normalized spacial score (nSPS) is 12.4. The summed E-state index contributed by atoms with van der Waals surface area (Å²) in [6.45, 7) is 0.644. The van der Waals surface area contributed by atoms with E-state index in [-0.39, 0.29) is 18.4 Å². The molecule has 0 radical (unpaired) electrons. The van der Waals surface area contributed by atoms with Gasteiger partial charge in [0.05, 0.1) is 5.56 Å². The highest BCUT2D eigenvalue weighted by molar-refractivity contribution is 5.96. The van der Waals surface area contributed by atoms with E-state index in [1.54, 1.807) is 23.1 Å². The zero-order valence-corrected chi connectivity index (χ0v) is 18.3. The third kappa shape index (κ3) is 6.07. The minimum Gasteiger partial charge on any atom is -0.452 e. The van der Waals surface area contributed by atoms with Crippen LogP contribution < -0.4 is 5.32 Å². The first-order valence-electron chi connectivity index (χ1n) is 11.0. The highest BCUT2D eigenvalue weighted by Crippen LogP contribution is 2.24. The van der Waals surface area contributed by atoms with Gasteiger partial charge in [0.2, 0.25) is 5.91 Å². The Hall–Kier alpha value is -3.93. The molecule has 3 aromatic rings. The molecule has 168 valence electrons. The molecule has 0 fully saturated rings. The Bertz CT molecular complexity index is 1130. The Labute approximate surface area is 193 Å². The van der Waals surface area contributed by atoms with Crippen molar-refractivity contribution in [2.75, 3.05) is 18.5 Å². The van der Waals surface area contributed by atoms with Crippen LogP contribution in [0.25, 0.3) is 0 Å². The lowest BCUT2D eigenvalue weighted by Crippen LogP contribution is -2.36. The second-order valence-corrected chi connectivity index (χ2v) is 8.03. The lowest BCUT2D eigenvalue weighted by atomic mass is 10.0. The van der Waals surface area contributed by atoms with E-state index in [0.29, 0.717) is 43.6 Å². The average molecular weight is 443 g/mol. The Morgan fingerprint density at radius 1 is 0.879 bits per heavy atom. The van der Waals surface area contributed by atoms with Gasteiger partial charge >= 0.3 is 5.97 Å². The molecule has 6 nitrogen and oxygen atoms in total. The van der Waals surface area contributed by atoms with E-state index in [2.05, 4.69) is 5.32 Å². The minimum atomic E-state index is -0.550. The molecule has 0 saturated carbocycles. The summed E-state index contributed by atoms with van der Waals surface area (Å²) in [6.07, 6.45) is 1.68. The third-order valence-corrected chi connectivity index (χ3v) is 5.65. The summed E-state index contributed by atoms with van der Waals surface area (Å²) < 4.78 is 5.36. The molecule has 0 aliphatic carbocycles. The largest absolute Gasteiger partial charge is 0.452 e. The fourth-order valence-electron chi connectivity index (χ4n) is 3.82. The van der Waals surface area contributed by atoms with Gasteiger partial charge in [-0.15, -0.1) is 0 Å². The number of rotatable bonds is 8. The van der Waals surface area contributed by atoms with Gasteiger partial charge in [-0.1, -0.05) is 60.7 Å². The zero-order chi connectivity index (χ0) is 23.0. The van der Waals surface area contributed by atoms with Crippen molar-refractivity contribution < 1.29 is 19.1 Å². The summed E-state index contributed by atoms with van der Waals surface area (Å²) in [5, 5.41) is 2.79. The van der Waals surface area contributed by atoms with E-state index in [4.69, 9.17) is 4.74 Å². The van der Waals surface area contributed by atoms with Gasteiger partial charge in [0, 0.05) is 25.2 Å². The molecule has 3 aromatic carbocycles. The molecule has 33 heavy (non-hydrogen) atoms. The van der Waals surface area contributed by atoms with Gasteiger partial charge in [-0.05, 0) is 47.7 Å². The SMILES string of the molecule is O=C1CCc2cc(C(=O)OCC(=O)N(CCc3ccccc3)Cc3ccccc3)ccc2N1. The van der Waals surface area contributed by atoms with Crippen LogP contribution in [-0.4, -0.2) is 35.8 Å².